The van der Waals surface area contributed by atoms with Crippen molar-refractivity contribution in [2.45, 2.75) is 19.4 Å². The minimum absolute atomic E-state index is 0.102. The molecule has 92 valence electrons. The fraction of sp³-hybridized carbons (Fsp3) is 0.417. The number of nitrogens with two attached hydrogens (primary N) is 1. The van der Waals surface area contributed by atoms with Crippen LogP contribution in [0, 0.1) is 18.6 Å². The van der Waals surface area contributed by atoms with Gasteiger partial charge in [0, 0.05) is 19.1 Å². The number of halogens is 2. The third-order valence-electron chi connectivity index (χ3n) is 3.01. The second-order valence-corrected chi connectivity index (χ2v) is 4.35. The van der Waals surface area contributed by atoms with Gasteiger partial charge < -0.3 is 10.6 Å². The number of amides is 1. The number of likely N-dealkylation sites (tertiary alicyclic amines) is 1. The molecule has 1 saturated heterocycles. The summed E-state index contributed by atoms with van der Waals surface area (Å²) in [6.07, 6.45) is 0.667. The van der Waals surface area contributed by atoms with Crippen molar-refractivity contribution >= 4 is 5.91 Å². The Hall–Kier alpha value is -1.49. The fourth-order valence-electron chi connectivity index (χ4n) is 1.98. The summed E-state index contributed by atoms with van der Waals surface area (Å²) < 4.78 is 27.3. The van der Waals surface area contributed by atoms with Crippen molar-refractivity contribution in [3.63, 3.8) is 0 Å². The molecule has 0 spiro atoms. The van der Waals surface area contributed by atoms with Crippen LogP contribution in [0.25, 0.3) is 0 Å². The average molecular weight is 240 g/mol. The lowest BCUT2D eigenvalue weighted by Gasteiger charge is -2.17. The van der Waals surface area contributed by atoms with E-state index in [9.17, 15) is 13.6 Å². The van der Waals surface area contributed by atoms with Gasteiger partial charge in [0.25, 0.3) is 5.91 Å². The Bertz CT molecular complexity index is 462. The Morgan fingerprint density at radius 3 is 2.76 bits per heavy atom. The predicted octanol–water partition coefficient (Wildman–Crippen LogP) is 1.45. The van der Waals surface area contributed by atoms with E-state index in [0.29, 0.717) is 19.5 Å². The monoisotopic (exact) mass is 240 g/mol. The van der Waals surface area contributed by atoms with E-state index < -0.39 is 23.1 Å². The lowest BCUT2D eigenvalue weighted by Crippen LogP contribution is -2.33. The molecule has 3 nitrogen and oxygen atoms in total. The molecule has 1 atom stereocenters. The van der Waals surface area contributed by atoms with Gasteiger partial charge in [0.15, 0.2) is 0 Å². The molecule has 0 saturated carbocycles. The first-order chi connectivity index (χ1) is 8.00. The molecule has 2 N–H and O–H groups in total. The maximum absolute atomic E-state index is 13.7. The van der Waals surface area contributed by atoms with Gasteiger partial charge in [-0.1, -0.05) is 6.07 Å². The quantitative estimate of drug-likeness (QED) is 0.807. The van der Waals surface area contributed by atoms with Gasteiger partial charge in [-0.2, -0.15) is 0 Å². The fourth-order valence-corrected chi connectivity index (χ4v) is 1.98. The van der Waals surface area contributed by atoms with Crippen molar-refractivity contribution in [1.29, 1.82) is 0 Å². The topological polar surface area (TPSA) is 46.3 Å². The third kappa shape index (κ3) is 2.15. The maximum Gasteiger partial charge on any atom is 0.259 e. The highest BCUT2D eigenvalue weighted by Crippen LogP contribution is 2.20. The number of rotatable bonds is 1. The molecule has 1 fully saturated rings. The van der Waals surface area contributed by atoms with E-state index in [-0.39, 0.29) is 11.6 Å². The number of aryl methyl sites for hydroxylation is 1. The number of benzene rings is 1. The second-order valence-electron chi connectivity index (χ2n) is 4.35. The van der Waals surface area contributed by atoms with Crippen molar-refractivity contribution in [2.24, 2.45) is 5.73 Å². The van der Waals surface area contributed by atoms with Crippen molar-refractivity contribution in [3.05, 3.63) is 34.9 Å². The van der Waals surface area contributed by atoms with Crippen LogP contribution in [0.3, 0.4) is 0 Å². The number of hydrogen-bond donors (Lipinski definition) is 1. The normalized spacial score (nSPS) is 19.8. The van der Waals surface area contributed by atoms with Gasteiger partial charge in [-0.05, 0) is 25.0 Å². The van der Waals surface area contributed by atoms with Gasteiger partial charge in [0.2, 0.25) is 0 Å². The Morgan fingerprint density at radius 1 is 1.47 bits per heavy atom. The van der Waals surface area contributed by atoms with Gasteiger partial charge in [-0.25, -0.2) is 8.78 Å². The van der Waals surface area contributed by atoms with Gasteiger partial charge in [-0.15, -0.1) is 0 Å². The van der Waals surface area contributed by atoms with E-state index in [0.717, 1.165) is 6.07 Å². The molecule has 0 bridgehead atoms. The molecule has 0 unspecified atom stereocenters. The van der Waals surface area contributed by atoms with Crippen molar-refractivity contribution in [2.75, 3.05) is 13.1 Å². The van der Waals surface area contributed by atoms with Gasteiger partial charge >= 0.3 is 0 Å². The summed E-state index contributed by atoms with van der Waals surface area (Å²) in [6.45, 7) is 2.31. The summed E-state index contributed by atoms with van der Waals surface area (Å²) >= 11 is 0. The zero-order chi connectivity index (χ0) is 12.6. The van der Waals surface area contributed by atoms with E-state index in [2.05, 4.69) is 0 Å². The minimum Gasteiger partial charge on any atom is -0.337 e. The maximum atomic E-state index is 13.7. The summed E-state index contributed by atoms with van der Waals surface area (Å²) in [4.78, 5) is 13.4. The van der Waals surface area contributed by atoms with E-state index in [1.807, 2.05) is 0 Å². The zero-order valence-electron chi connectivity index (χ0n) is 9.54. The average Bonchev–Trinajstić information content (AvgIpc) is 2.71. The van der Waals surface area contributed by atoms with Crippen molar-refractivity contribution < 1.29 is 13.6 Å². The van der Waals surface area contributed by atoms with Crippen molar-refractivity contribution in [1.82, 2.24) is 4.90 Å². The Labute approximate surface area is 98.2 Å². The molecule has 1 amide bonds. The first-order valence-corrected chi connectivity index (χ1v) is 5.50. The van der Waals surface area contributed by atoms with Gasteiger partial charge in [0.05, 0.1) is 0 Å². The lowest BCUT2D eigenvalue weighted by molar-refractivity contribution is 0.0781. The van der Waals surface area contributed by atoms with Crippen LogP contribution < -0.4 is 5.73 Å². The first-order valence-electron chi connectivity index (χ1n) is 5.50. The van der Waals surface area contributed by atoms with Crippen LogP contribution in [0.15, 0.2) is 12.1 Å². The smallest absolute Gasteiger partial charge is 0.259 e. The molecule has 1 aliphatic rings. The summed E-state index contributed by atoms with van der Waals surface area (Å²) in [6, 6.07) is 2.33. The van der Waals surface area contributed by atoms with Crippen LogP contribution in [0.5, 0.6) is 0 Å². The van der Waals surface area contributed by atoms with Crippen LogP contribution in [-0.4, -0.2) is 29.9 Å². The highest BCUT2D eigenvalue weighted by atomic mass is 19.1. The van der Waals surface area contributed by atoms with E-state index in [1.54, 1.807) is 0 Å². The SMILES string of the molecule is Cc1ccc(F)c(C(=O)N2CC[C@H](N)C2)c1F. The molecule has 0 aromatic heterocycles. The lowest BCUT2D eigenvalue weighted by atomic mass is 10.1. The molecular weight excluding hydrogens is 226 g/mol. The van der Waals surface area contributed by atoms with Gasteiger partial charge in [0.1, 0.15) is 17.2 Å². The Kier molecular flexibility index (Phi) is 3.11. The summed E-state index contributed by atoms with van der Waals surface area (Å²) in [5.74, 6) is -2.22. The number of hydrogen-bond acceptors (Lipinski definition) is 2. The third-order valence-corrected chi connectivity index (χ3v) is 3.01. The minimum atomic E-state index is -0.821. The highest BCUT2D eigenvalue weighted by Gasteiger charge is 2.28. The molecular formula is C12H14F2N2O. The standard InChI is InChI=1S/C12H14F2N2O/c1-7-2-3-9(13)10(11(7)14)12(17)16-5-4-8(15)6-16/h2-3,8H,4-6,15H2,1H3/t8-/m0/s1. The number of nitrogens with zero attached hydrogens (tertiary/aromatic N) is 1. The van der Waals surface area contributed by atoms with Gasteiger partial charge in [-0.3, -0.25) is 4.79 Å². The highest BCUT2D eigenvalue weighted by molar-refractivity contribution is 5.95. The van der Waals surface area contributed by atoms with Crippen LogP contribution in [-0.2, 0) is 0 Å². The van der Waals surface area contributed by atoms with Crippen LogP contribution >= 0.6 is 0 Å². The molecule has 17 heavy (non-hydrogen) atoms. The van der Waals surface area contributed by atoms with Crippen LogP contribution in [0.1, 0.15) is 22.3 Å². The number of carbonyl (C=O) groups excluding carboxylic acids is 1. The largest absolute Gasteiger partial charge is 0.337 e. The second kappa shape index (κ2) is 4.41. The molecule has 2 rings (SSSR count). The molecule has 1 aromatic carbocycles. The van der Waals surface area contributed by atoms with Crippen LogP contribution in [0.4, 0.5) is 8.78 Å². The summed E-state index contributed by atoms with van der Waals surface area (Å²) in [5, 5.41) is 0. The molecule has 0 radical (unpaired) electrons. The molecule has 1 heterocycles. The Balaban J connectivity index is 2.34. The van der Waals surface area contributed by atoms with E-state index >= 15 is 0 Å². The van der Waals surface area contributed by atoms with E-state index in [4.69, 9.17) is 5.73 Å². The molecule has 0 aliphatic carbocycles. The van der Waals surface area contributed by atoms with Crippen molar-refractivity contribution in [3.8, 4) is 0 Å². The summed E-state index contributed by atoms with van der Waals surface area (Å²) in [5.41, 5.74) is 5.45. The first kappa shape index (κ1) is 12.0. The van der Waals surface area contributed by atoms with Crippen LogP contribution in [0.2, 0.25) is 0 Å². The molecule has 1 aromatic rings. The number of carbonyl (C=O) groups is 1. The predicted molar refractivity (Wildman–Crippen MR) is 59.6 cm³/mol. The Morgan fingerprint density at radius 2 is 2.18 bits per heavy atom. The zero-order valence-corrected chi connectivity index (χ0v) is 9.54. The summed E-state index contributed by atoms with van der Waals surface area (Å²) in [7, 11) is 0. The molecule has 1 aliphatic heterocycles. The molecule has 5 heteroatoms. The van der Waals surface area contributed by atoms with E-state index in [1.165, 1.54) is 17.9 Å².